The van der Waals surface area contributed by atoms with Crippen LogP contribution in [0.4, 0.5) is 0 Å². The molecule has 0 amide bonds. The molecule has 112 valence electrons. The highest BCUT2D eigenvalue weighted by Crippen LogP contribution is 2.31. The molecule has 9 heteroatoms. The molecule has 3 aromatic heterocycles. The minimum absolute atomic E-state index is 0.00752. The van der Waals surface area contributed by atoms with Crippen LogP contribution in [0.5, 0.6) is 5.75 Å². The number of H-pyrrole nitrogens is 1. The number of hydrogen-bond donors (Lipinski definition) is 2. The molecule has 3 heterocycles. The van der Waals surface area contributed by atoms with Crippen molar-refractivity contribution in [2.75, 3.05) is 7.11 Å². The van der Waals surface area contributed by atoms with Gasteiger partial charge < -0.3 is 14.8 Å². The number of carbonyl (C=O) groups is 2. The second-order valence-electron chi connectivity index (χ2n) is 4.51. The number of hydrogen-bond acceptors (Lipinski definition) is 6. The number of ether oxygens (including phenoxy) is 1. The SMILES string of the molecule is COc1cnc(-n2ncc(C)n2)c2[nH]cc(C(=O)C(=O)O)c12. The van der Waals surface area contributed by atoms with Crippen LogP contribution in [0.2, 0.25) is 0 Å². The van der Waals surface area contributed by atoms with Crippen LogP contribution < -0.4 is 4.74 Å². The summed E-state index contributed by atoms with van der Waals surface area (Å²) in [5.41, 5.74) is 1.10. The number of Topliss-reactive ketones (excluding diaryl/α,β-unsaturated/α-hetero) is 1. The molecule has 0 unspecified atom stereocenters. The van der Waals surface area contributed by atoms with Gasteiger partial charge in [0.1, 0.15) is 5.75 Å². The maximum atomic E-state index is 11.8. The third kappa shape index (κ3) is 1.99. The average Bonchev–Trinajstić information content (AvgIpc) is 3.12. The summed E-state index contributed by atoms with van der Waals surface area (Å²) in [6, 6.07) is 0. The standard InChI is InChI=1S/C13H11N5O4/c1-6-3-16-18(17-6)12-10-9(8(22-2)5-15-12)7(4-14-10)11(19)13(20)21/h3-5,14H,1-2H3,(H,20,21). The molecule has 0 aliphatic heterocycles. The summed E-state index contributed by atoms with van der Waals surface area (Å²) < 4.78 is 5.17. The van der Waals surface area contributed by atoms with Crippen LogP contribution in [0.3, 0.4) is 0 Å². The quantitative estimate of drug-likeness (QED) is 0.537. The van der Waals surface area contributed by atoms with Crippen molar-refractivity contribution in [2.45, 2.75) is 6.92 Å². The highest BCUT2D eigenvalue weighted by atomic mass is 16.5. The predicted molar refractivity (Wildman–Crippen MR) is 74.3 cm³/mol. The van der Waals surface area contributed by atoms with Crippen molar-refractivity contribution < 1.29 is 19.4 Å². The number of nitrogens with zero attached hydrogens (tertiary/aromatic N) is 4. The summed E-state index contributed by atoms with van der Waals surface area (Å²) in [4.78, 5) is 31.1. The van der Waals surface area contributed by atoms with Crippen molar-refractivity contribution in [1.82, 2.24) is 25.0 Å². The molecular weight excluding hydrogens is 290 g/mol. The molecule has 0 aliphatic carbocycles. The van der Waals surface area contributed by atoms with E-state index in [0.717, 1.165) is 0 Å². The molecule has 0 radical (unpaired) electrons. The summed E-state index contributed by atoms with van der Waals surface area (Å²) in [7, 11) is 1.41. The van der Waals surface area contributed by atoms with Crippen LogP contribution in [0.15, 0.2) is 18.6 Å². The maximum Gasteiger partial charge on any atom is 0.377 e. The monoisotopic (exact) mass is 301 g/mol. The lowest BCUT2D eigenvalue weighted by molar-refractivity contribution is -0.131. The molecule has 0 saturated carbocycles. The van der Waals surface area contributed by atoms with E-state index in [0.29, 0.717) is 22.4 Å². The van der Waals surface area contributed by atoms with E-state index in [2.05, 4.69) is 20.2 Å². The number of carboxylic acid groups (broad SMARTS) is 1. The van der Waals surface area contributed by atoms with E-state index in [1.807, 2.05) is 0 Å². The number of fused-ring (bicyclic) bond motifs is 1. The average molecular weight is 301 g/mol. The second-order valence-corrected chi connectivity index (χ2v) is 4.51. The first-order valence-electron chi connectivity index (χ1n) is 6.24. The van der Waals surface area contributed by atoms with E-state index < -0.39 is 11.8 Å². The van der Waals surface area contributed by atoms with Crippen molar-refractivity contribution in [3.05, 3.63) is 29.8 Å². The second kappa shape index (κ2) is 4.95. The van der Waals surface area contributed by atoms with Gasteiger partial charge in [0.2, 0.25) is 0 Å². The number of methoxy groups -OCH3 is 1. The van der Waals surface area contributed by atoms with Crippen LogP contribution in [0, 0.1) is 6.92 Å². The fourth-order valence-corrected chi connectivity index (χ4v) is 2.15. The first kappa shape index (κ1) is 13.7. The van der Waals surface area contributed by atoms with Gasteiger partial charge in [-0.2, -0.15) is 10.2 Å². The Kier molecular flexibility index (Phi) is 3.09. The summed E-state index contributed by atoms with van der Waals surface area (Å²) in [5, 5.41) is 17.5. The van der Waals surface area contributed by atoms with E-state index in [-0.39, 0.29) is 11.3 Å². The number of aromatic nitrogens is 5. The van der Waals surface area contributed by atoms with Gasteiger partial charge in [-0.25, -0.2) is 9.78 Å². The summed E-state index contributed by atoms with van der Waals surface area (Å²) >= 11 is 0. The fraction of sp³-hybridized carbons (Fsp3) is 0.154. The summed E-state index contributed by atoms with van der Waals surface area (Å²) in [6.45, 7) is 1.78. The van der Waals surface area contributed by atoms with Crippen molar-refractivity contribution >= 4 is 22.7 Å². The number of carboxylic acids is 1. The topological polar surface area (TPSA) is 123 Å². The molecule has 0 aliphatic rings. The van der Waals surface area contributed by atoms with Gasteiger partial charge in [0.25, 0.3) is 5.78 Å². The molecular formula is C13H11N5O4. The molecule has 3 aromatic rings. The van der Waals surface area contributed by atoms with Gasteiger partial charge in [-0.15, -0.1) is 4.80 Å². The number of aromatic amines is 1. The van der Waals surface area contributed by atoms with Gasteiger partial charge >= 0.3 is 5.97 Å². The Morgan fingerprint density at radius 1 is 1.36 bits per heavy atom. The number of ketones is 1. The minimum atomic E-state index is -1.55. The van der Waals surface area contributed by atoms with Gasteiger partial charge in [-0.05, 0) is 6.92 Å². The maximum absolute atomic E-state index is 11.8. The van der Waals surface area contributed by atoms with Crippen LogP contribution in [0.25, 0.3) is 16.7 Å². The van der Waals surface area contributed by atoms with Gasteiger partial charge in [0.15, 0.2) is 5.82 Å². The smallest absolute Gasteiger partial charge is 0.377 e. The third-order valence-electron chi connectivity index (χ3n) is 3.11. The van der Waals surface area contributed by atoms with E-state index in [1.165, 1.54) is 24.3 Å². The number of aliphatic carboxylic acids is 1. The molecule has 2 N–H and O–H groups in total. The number of pyridine rings is 1. The molecule has 22 heavy (non-hydrogen) atoms. The minimum Gasteiger partial charge on any atom is -0.494 e. The number of nitrogens with one attached hydrogen (secondary N) is 1. The van der Waals surface area contributed by atoms with Crippen LogP contribution in [-0.2, 0) is 4.79 Å². The Morgan fingerprint density at radius 2 is 2.14 bits per heavy atom. The molecule has 9 nitrogen and oxygen atoms in total. The number of aryl methyl sites for hydroxylation is 1. The van der Waals surface area contributed by atoms with Crippen LogP contribution in [-0.4, -0.2) is 48.9 Å². The zero-order valence-electron chi connectivity index (χ0n) is 11.7. The first-order valence-corrected chi connectivity index (χ1v) is 6.24. The highest BCUT2D eigenvalue weighted by Gasteiger charge is 2.24. The Hall–Kier alpha value is -3.23. The summed E-state index contributed by atoms with van der Waals surface area (Å²) in [6.07, 6.45) is 4.26. The van der Waals surface area contributed by atoms with Crippen molar-refractivity contribution in [1.29, 1.82) is 0 Å². The largest absolute Gasteiger partial charge is 0.494 e. The molecule has 0 spiro atoms. The van der Waals surface area contributed by atoms with Crippen LogP contribution in [0.1, 0.15) is 16.1 Å². The Labute approximate surface area is 123 Å². The fourth-order valence-electron chi connectivity index (χ4n) is 2.15. The Balaban J connectivity index is 2.30. The molecule has 0 atom stereocenters. The van der Waals surface area contributed by atoms with Gasteiger partial charge in [0.05, 0.1) is 41.7 Å². The molecule has 0 aromatic carbocycles. The zero-order chi connectivity index (χ0) is 15.9. The molecule has 0 saturated heterocycles. The van der Waals surface area contributed by atoms with Crippen molar-refractivity contribution in [2.24, 2.45) is 0 Å². The van der Waals surface area contributed by atoms with E-state index in [9.17, 15) is 9.59 Å². The molecule has 0 fully saturated rings. The van der Waals surface area contributed by atoms with E-state index >= 15 is 0 Å². The third-order valence-corrected chi connectivity index (χ3v) is 3.11. The first-order chi connectivity index (χ1) is 10.5. The Bertz CT molecular complexity index is 895. The number of rotatable bonds is 4. The van der Waals surface area contributed by atoms with Crippen LogP contribution >= 0.6 is 0 Å². The van der Waals surface area contributed by atoms with Gasteiger partial charge in [-0.3, -0.25) is 4.79 Å². The zero-order valence-corrected chi connectivity index (χ0v) is 11.7. The summed E-state index contributed by atoms with van der Waals surface area (Å²) in [5.74, 6) is -1.96. The normalized spacial score (nSPS) is 10.8. The lowest BCUT2D eigenvalue weighted by Crippen LogP contribution is -2.12. The molecule has 3 rings (SSSR count). The van der Waals surface area contributed by atoms with E-state index in [1.54, 1.807) is 13.1 Å². The predicted octanol–water partition coefficient (Wildman–Crippen LogP) is 0.728. The lowest BCUT2D eigenvalue weighted by atomic mass is 10.1. The van der Waals surface area contributed by atoms with Gasteiger partial charge in [-0.1, -0.05) is 0 Å². The van der Waals surface area contributed by atoms with Gasteiger partial charge in [0, 0.05) is 6.20 Å². The van der Waals surface area contributed by atoms with Crippen molar-refractivity contribution in [3.63, 3.8) is 0 Å². The molecule has 0 bridgehead atoms. The van der Waals surface area contributed by atoms with Crippen molar-refractivity contribution in [3.8, 4) is 11.6 Å². The van der Waals surface area contributed by atoms with E-state index in [4.69, 9.17) is 9.84 Å². The lowest BCUT2D eigenvalue weighted by Gasteiger charge is -2.06. The number of carbonyl (C=O) groups excluding carboxylic acids is 1. The highest BCUT2D eigenvalue weighted by molar-refractivity contribution is 6.42. The Morgan fingerprint density at radius 3 is 2.73 bits per heavy atom.